The minimum absolute atomic E-state index is 0.188. The van der Waals surface area contributed by atoms with Crippen LogP contribution in [0.25, 0.3) is 0 Å². The van der Waals surface area contributed by atoms with Gasteiger partial charge >= 0.3 is 5.97 Å². The number of hydrogen-bond donors (Lipinski definition) is 1. The van der Waals surface area contributed by atoms with Crippen LogP contribution >= 0.6 is 0 Å². The van der Waals surface area contributed by atoms with Gasteiger partial charge in [0.05, 0.1) is 6.42 Å². The fraction of sp³-hybridized carbons (Fsp3) is 0.789. The Kier molecular flexibility index (Phi) is 4.06. The van der Waals surface area contributed by atoms with E-state index < -0.39 is 0 Å². The first-order chi connectivity index (χ1) is 10.7. The Morgan fingerprint density at radius 1 is 1.17 bits per heavy atom. The Morgan fingerprint density at radius 2 is 1.78 bits per heavy atom. The number of ether oxygens (including phenoxy) is 1. The Balaban J connectivity index is 1.56. The van der Waals surface area contributed by atoms with Crippen LogP contribution in [0.3, 0.4) is 0 Å². The number of carbonyl (C=O) groups excluding carboxylic acids is 2. The molecule has 4 saturated carbocycles. The fourth-order valence-corrected chi connectivity index (χ4v) is 5.47. The molecule has 0 radical (unpaired) electrons. The normalized spacial score (nSPS) is 40.7. The molecule has 4 fully saturated rings. The second kappa shape index (κ2) is 5.64. The summed E-state index contributed by atoms with van der Waals surface area (Å²) in [6.45, 7) is 10.1. The molecule has 0 aromatic rings. The van der Waals surface area contributed by atoms with Gasteiger partial charge in [-0.25, -0.2) is 0 Å². The number of rotatable bonds is 5. The van der Waals surface area contributed by atoms with Gasteiger partial charge in [0, 0.05) is 12.1 Å². The van der Waals surface area contributed by atoms with Gasteiger partial charge in [0.1, 0.15) is 5.60 Å². The van der Waals surface area contributed by atoms with Crippen molar-refractivity contribution in [3.63, 3.8) is 0 Å². The van der Waals surface area contributed by atoms with Crippen LogP contribution in [0.4, 0.5) is 0 Å². The van der Waals surface area contributed by atoms with Crippen LogP contribution in [-0.4, -0.2) is 24.0 Å². The predicted octanol–water partition coefficient (Wildman–Crippen LogP) is 3.22. The zero-order valence-corrected chi connectivity index (χ0v) is 14.6. The molecule has 1 N–H and O–H groups in total. The second-order valence-electron chi connectivity index (χ2n) is 8.60. The van der Waals surface area contributed by atoms with Gasteiger partial charge in [-0.15, -0.1) is 0 Å². The maximum absolute atomic E-state index is 12.3. The highest BCUT2D eigenvalue weighted by molar-refractivity contribution is 5.92. The summed E-state index contributed by atoms with van der Waals surface area (Å²) in [7, 11) is 0. The number of carbonyl (C=O) groups is 2. The average Bonchev–Trinajstić information content (AvgIpc) is 2.43. The first-order valence-electron chi connectivity index (χ1n) is 8.87. The molecule has 2 atom stereocenters. The number of nitrogens with one attached hydrogen (secondary N) is 1. The van der Waals surface area contributed by atoms with Gasteiger partial charge < -0.3 is 10.1 Å². The molecule has 4 heteroatoms. The van der Waals surface area contributed by atoms with E-state index in [9.17, 15) is 9.59 Å². The van der Waals surface area contributed by atoms with Crippen molar-refractivity contribution in [1.29, 1.82) is 0 Å². The molecule has 0 aromatic carbocycles. The predicted molar refractivity (Wildman–Crippen MR) is 88.6 cm³/mol. The number of hydrogen-bond acceptors (Lipinski definition) is 3. The molecule has 23 heavy (non-hydrogen) atoms. The van der Waals surface area contributed by atoms with E-state index in [0.717, 1.165) is 5.92 Å². The van der Waals surface area contributed by atoms with Crippen LogP contribution < -0.4 is 5.32 Å². The lowest BCUT2D eigenvalue weighted by Crippen LogP contribution is -2.60. The quantitative estimate of drug-likeness (QED) is 0.625. The van der Waals surface area contributed by atoms with Crippen molar-refractivity contribution in [2.24, 2.45) is 23.2 Å². The largest absolute Gasteiger partial charge is 0.459 e. The summed E-state index contributed by atoms with van der Waals surface area (Å²) >= 11 is 0. The molecule has 0 heterocycles. The Bertz CT molecular complexity index is 523. The van der Waals surface area contributed by atoms with Gasteiger partial charge in [0.2, 0.25) is 5.91 Å². The van der Waals surface area contributed by atoms with E-state index in [0.29, 0.717) is 29.4 Å². The zero-order chi connectivity index (χ0) is 16.8. The molecule has 0 aromatic heterocycles. The summed E-state index contributed by atoms with van der Waals surface area (Å²) in [4.78, 5) is 23.7. The van der Waals surface area contributed by atoms with Crippen molar-refractivity contribution in [3.8, 4) is 0 Å². The molecule has 0 saturated heterocycles. The third kappa shape index (κ3) is 3.05. The van der Waals surface area contributed by atoms with Gasteiger partial charge in [0.15, 0.2) is 0 Å². The first kappa shape index (κ1) is 16.5. The summed E-state index contributed by atoms with van der Waals surface area (Å²) in [6.07, 6.45) is 6.39. The molecule has 4 bridgehead atoms. The third-order valence-electron chi connectivity index (χ3n) is 6.45. The highest BCUT2D eigenvalue weighted by atomic mass is 16.6. The SMILES string of the molecule is C=C(C)C(=O)NCCC(=O)OC1(C)C2CC3CC1CC(C)(C3)C2. The summed E-state index contributed by atoms with van der Waals surface area (Å²) in [5.41, 5.74) is 0.628. The monoisotopic (exact) mass is 319 g/mol. The average molecular weight is 319 g/mol. The lowest BCUT2D eigenvalue weighted by Gasteiger charge is -2.62. The maximum Gasteiger partial charge on any atom is 0.308 e. The van der Waals surface area contributed by atoms with E-state index in [-0.39, 0.29) is 23.9 Å². The molecule has 1 amide bonds. The molecule has 4 rings (SSSR count). The van der Waals surface area contributed by atoms with Crippen LogP contribution in [0.15, 0.2) is 12.2 Å². The van der Waals surface area contributed by atoms with Gasteiger partial charge in [-0.05, 0) is 69.1 Å². The molecule has 4 aliphatic carbocycles. The summed E-state index contributed by atoms with van der Waals surface area (Å²) in [5.74, 6) is 1.46. The molecule has 0 spiro atoms. The van der Waals surface area contributed by atoms with E-state index in [1.807, 2.05) is 0 Å². The summed E-state index contributed by atoms with van der Waals surface area (Å²) in [6, 6.07) is 0. The van der Waals surface area contributed by atoms with E-state index in [1.165, 1.54) is 32.1 Å². The lowest BCUT2D eigenvalue weighted by atomic mass is 9.45. The van der Waals surface area contributed by atoms with Crippen LogP contribution in [0.1, 0.15) is 59.3 Å². The minimum atomic E-state index is -0.300. The van der Waals surface area contributed by atoms with Crippen LogP contribution in [0.5, 0.6) is 0 Å². The fourth-order valence-electron chi connectivity index (χ4n) is 5.47. The van der Waals surface area contributed by atoms with Crippen molar-refractivity contribution < 1.29 is 14.3 Å². The Labute approximate surface area is 139 Å². The van der Waals surface area contributed by atoms with Crippen molar-refractivity contribution in [2.75, 3.05) is 6.54 Å². The standard InChI is InChI=1S/C19H29NO3/c1-12(2)17(22)20-6-5-16(21)23-19(4)14-7-13-8-15(19)11-18(3,9-13)10-14/h13-15H,1,5-11H2,2-4H3,(H,20,22). The van der Waals surface area contributed by atoms with E-state index in [4.69, 9.17) is 4.74 Å². The lowest BCUT2D eigenvalue weighted by molar-refractivity contribution is -0.216. The molecule has 4 nitrogen and oxygen atoms in total. The van der Waals surface area contributed by atoms with Gasteiger partial charge in [0.25, 0.3) is 0 Å². The van der Waals surface area contributed by atoms with Crippen LogP contribution in [0.2, 0.25) is 0 Å². The molecule has 0 aliphatic heterocycles. The number of esters is 1. The van der Waals surface area contributed by atoms with E-state index in [2.05, 4.69) is 25.7 Å². The smallest absolute Gasteiger partial charge is 0.308 e. The maximum atomic E-state index is 12.3. The molecular formula is C19H29NO3. The van der Waals surface area contributed by atoms with Gasteiger partial charge in [-0.3, -0.25) is 9.59 Å². The van der Waals surface area contributed by atoms with Crippen molar-refractivity contribution in [1.82, 2.24) is 5.32 Å². The minimum Gasteiger partial charge on any atom is -0.459 e. The topological polar surface area (TPSA) is 55.4 Å². The van der Waals surface area contributed by atoms with Crippen molar-refractivity contribution in [2.45, 2.75) is 64.9 Å². The van der Waals surface area contributed by atoms with Gasteiger partial charge in [-0.2, -0.15) is 0 Å². The first-order valence-corrected chi connectivity index (χ1v) is 8.87. The highest BCUT2D eigenvalue weighted by Gasteiger charge is 2.60. The Morgan fingerprint density at radius 3 is 2.30 bits per heavy atom. The zero-order valence-electron chi connectivity index (χ0n) is 14.6. The molecule has 4 aliphatic rings. The highest BCUT2D eigenvalue weighted by Crippen LogP contribution is 2.64. The molecule has 2 unspecified atom stereocenters. The molecule has 128 valence electrons. The van der Waals surface area contributed by atoms with Crippen LogP contribution in [-0.2, 0) is 14.3 Å². The van der Waals surface area contributed by atoms with E-state index in [1.54, 1.807) is 6.92 Å². The Hall–Kier alpha value is -1.32. The summed E-state index contributed by atoms with van der Waals surface area (Å²) < 4.78 is 5.99. The van der Waals surface area contributed by atoms with E-state index >= 15 is 0 Å². The summed E-state index contributed by atoms with van der Waals surface area (Å²) in [5, 5.41) is 2.69. The van der Waals surface area contributed by atoms with Crippen molar-refractivity contribution >= 4 is 11.9 Å². The second-order valence-corrected chi connectivity index (χ2v) is 8.60. The molecular weight excluding hydrogens is 290 g/mol. The van der Waals surface area contributed by atoms with Gasteiger partial charge in [-0.1, -0.05) is 13.5 Å². The van der Waals surface area contributed by atoms with Crippen molar-refractivity contribution in [3.05, 3.63) is 12.2 Å². The number of amides is 1. The third-order valence-corrected chi connectivity index (χ3v) is 6.45. The van der Waals surface area contributed by atoms with Crippen LogP contribution in [0, 0.1) is 23.2 Å².